The van der Waals surface area contributed by atoms with E-state index < -0.39 is 15.4 Å². The van der Waals surface area contributed by atoms with Crippen molar-refractivity contribution in [3.05, 3.63) is 29.8 Å². The highest BCUT2D eigenvalue weighted by atomic mass is 32.2. The van der Waals surface area contributed by atoms with Gasteiger partial charge in [0, 0.05) is 26.2 Å². The van der Waals surface area contributed by atoms with Gasteiger partial charge in [0.05, 0.1) is 18.8 Å². The van der Waals surface area contributed by atoms with Crippen molar-refractivity contribution in [3.63, 3.8) is 0 Å². The molecule has 1 aliphatic carbocycles. The molecule has 0 aromatic heterocycles. The van der Waals surface area contributed by atoms with Gasteiger partial charge >= 0.3 is 0 Å². The standard InChI is InChI=1S/C18H26N2O4S/c1-24-16-7-5-15(6-8-16)18(9-3-4-10-18)17(21)19-11-13-20(14-12-19)25(2,22)23/h5-8H,3-4,9-14H2,1-2H3. The number of sulfonamides is 1. The third-order valence-corrected chi connectivity index (χ3v) is 6.81. The molecular weight excluding hydrogens is 340 g/mol. The highest BCUT2D eigenvalue weighted by Crippen LogP contribution is 2.43. The molecular formula is C18H26N2O4S. The maximum absolute atomic E-state index is 13.4. The quantitative estimate of drug-likeness (QED) is 0.812. The van der Waals surface area contributed by atoms with E-state index in [1.165, 1.54) is 10.6 Å². The Kier molecular flexibility index (Phi) is 5.06. The van der Waals surface area contributed by atoms with Crippen LogP contribution in [-0.4, -0.2) is 63.1 Å². The summed E-state index contributed by atoms with van der Waals surface area (Å²) in [6, 6.07) is 7.80. The second-order valence-corrected chi connectivity index (χ2v) is 8.95. The lowest BCUT2D eigenvalue weighted by Gasteiger charge is -2.39. The second kappa shape index (κ2) is 6.96. The van der Waals surface area contributed by atoms with Gasteiger partial charge in [-0.05, 0) is 30.5 Å². The van der Waals surface area contributed by atoms with Gasteiger partial charge in [-0.1, -0.05) is 25.0 Å². The molecule has 1 amide bonds. The lowest BCUT2D eigenvalue weighted by atomic mass is 9.77. The van der Waals surface area contributed by atoms with Gasteiger partial charge in [-0.2, -0.15) is 4.31 Å². The van der Waals surface area contributed by atoms with Crippen LogP contribution in [0.1, 0.15) is 31.2 Å². The summed E-state index contributed by atoms with van der Waals surface area (Å²) in [6.07, 6.45) is 5.01. The summed E-state index contributed by atoms with van der Waals surface area (Å²) < 4.78 is 30.0. The molecule has 0 bridgehead atoms. The van der Waals surface area contributed by atoms with Crippen molar-refractivity contribution in [3.8, 4) is 5.75 Å². The Bertz CT molecular complexity index is 716. The van der Waals surface area contributed by atoms with Gasteiger partial charge in [-0.25, -0.2) is 8.42 Å². The number of piperazine rings is 1. The number of carbonyl (C=O) groups excluding carboxylic acids is 1. The first-order valence-electron chi connectivity index (χ1n) is 8.76. The van der Waals surface area contributed by atoms with Crippen LogP contribution in [0.2, 0.25) is 0 Å². The predicted octanol–water partition coefficient (Wildman–Crippen LogP) is 1.61. The van der Waals surface area contributed by atoms with Crippen molar-refractivity contribution in [2.45, 2.75) is 31.1 Å². The lowest BCUT2D eigenvalue weighted by molar-refractivity contribution is -0.138. The Balaban J connectivity index is 1.80. The summed E-state index contributed by atoms with van der Waals surface area (Å²) in [5, 5.41) is 0. The minimum Gasteiger partial charge on any atom is -0.497 e. The van der Waals surface area contributed by atoms with Gasteiger partial charge in [0.25, 0.3) is 0 Å². The molecule has 0 atom stereocenters. The van der Waals surface area contributed by atoms with E-state index in [4.69, 9.17) is 4.74 Å². The average Bonchev–Trinajstić information content (AvgIpc) is 3.11. The van der Waals surface area contributed by atoms with E-state index in [2.05, 4.69) is 0 Å². The molecule has 0 radical (unpaired) electrons. The smallest absolute Gasteiger partial charge is 0.233 e. The Labute approximate surface area is 149 Å². The van der Waals surface area contributed by atoms with Crippen LogP contribution in [-0.2, 0) is 20.2 Å². The van der Waals surface area contributed by atoms with E-state index in [0.717, 1.165) is 37.0 Å². The average molecular weight is 366 g/mol. The van der Waals surface area contributed by atoms with E-state index in [-0.39, 0.29) is 5.91 Å². The molecule has 6 nitrogen and oxygen atoms in total. The molecule has 138 valence electrons. The molecule has 1 aliphatic heterocycles. The highest BCUT2D eigenvalue weighted by molar-refractivity contribution is 7.88. The summed E-state index contributed by atoms with van der Waals surface area (Å²) in [6.45, 7) is 1.68. The van der Waals surface area contributed by atoms with Gasteiger partial charge in [-0.3, -0.25) is 4.79 Å². The molecule has 25 heavy (non-hydrogen) atoms. The Hall–Kier alpha value is -1.60. The first-order valence-corrected chi connectivity index (χ1v) is 10.6. The molecule has 7 heteroatoms. The summed E-state index contributed by atoms with van der Waals surface area (Å²) >= 11 is 0. The number of hydrogen-bond donors (Lipinski definition) is 0. The van der Waals surface area contributed by atoms with Crippen LogP contribution in [0.15, 0.2) is 24.3 Å². The maximum Gasteiger partial charge on any atom is 0.233 e. The molecule has 2 aliphatic rings. The van der Waals surface area contributed by atoms with E-state index >= 15 is 0 Å². The van der Waals surface area contributed by atoms with Crippen molar-refractivity contribution in [2.75, 3.05) is 39.5 Å². The molecule has 3 rings (SSSR count). The number of methoxy groups -OCH3 is 1. The van der Waals surface area contributed by atoms with E-state index in [1.54, 1.807) is 7.11 Å². The molecule has 2 fully saturated rings. The van der Waals surface area contributed by atoms with Crippen LogP contribution in [0.3, 0.4) is 0 Å². The van der Waals surface area contributed by atoms with Crippen LogP contribution < -0.4 is 4.74 Å². The van der Waals surface area contributed by atoms with Crippen molar-refractivity contribution in [2.24, 2.45) is 0 Å². The monoisotopic (exact) mass is 366 g/mol. The maximum atomic E-state index is 13.4. The normalized spacial score (nSPS) is 21.3. The fourth-order valence-electron chi connectivity index (χ4n) is 4.04. The van der Waals surface area contributed by atoms with Crippen molar-refractivity contribution in [1.82, 2.24) is 9.21 Å². The van der Waals surface area contributed by atoms with Crippen LogP contribution in [0.25, 0.3) is 0 Å². The molecule has 1 saturated heterocycles. The first-order chi connectivity index (χ1) is 11.9. The number of nitrogens with zero attached hydrogens (tertiary/aromatic N) is 2. The van der Waals surface area contributed by atoms with Crippen molar-refractivity contribution < 1.29 is 17.9 Å². The SMILES string of the molecule is COc1ccc(C2(C(=O)N3CCN(S(C)(=O)=O)CC3)CCCC2)cc1. The van der Waals surface area contributed by atoms with Gasteiger partial charge < -0.3 is 9.64 Å². The number of amides is 1. The zero-order valence-corrected chi connectivity index (χ0v) is 15.7. The van der Waals surface area contributed by atoms with Gasteiger partial charge in [0.2, 0.25) is 15.9 Å². The lowest BCUT2D eigenvalue weighted by Crippen LogP contribution is -2.54. The minimum absolute atomic E-state index is 0.142. The van der Waals surface area contributed by atoms with E-state index in [1.807, 2.05) is 29.2 Å². The molecule has 1 aromatic carbocycles. The second-order valence-electron chi connectivity index (χ2n) is 6.97. The number of rotatable bonds is 4. The molecule has 1 heterocycles. The van der Waals surface area contributed by atoms with Crippen LogP contribution in [0.5, 0.6) is 5.75 Å². The van der Waals surface area contributed by atoms with Crippen LogP contribution in [0.4, 0.5) is 0 Å². The Morgan fingerprint density at radius 1 is 1.04 bits per heavy atom. The first kappa shape index (κ1) is 18.2. The fraction of sp³-hybridized carbons (Fsp3) is 0.611. The Morgan fingerprint density at radius 2 is 1.60 bits per heavy atom. The summed E-state index contributed by atoms with van der Waals surface area (Å²) in [7, 11) is -1.56. The number of hydrogen-bond acceptors (Lipinski definition) is 4. The van der Waals surface area contributed by atoms with Gasteiger partial charge in [0.15, 0.2) is 0 Å². The molecule has 0 unspecified atom stereocenters. The largest absolute Gasteiger partial charge is 0.497 e. The van der Waals surface area contributed by atoms with Crippen molar-refractivity contribution in [1.29, 1.82) is 0 Å². The Morgan fingerprint density at radius 3 is 2.08 bits per heavy atom. The predicted molar refractivity (Wildman–Crippen MR) is 96.1 cm³/mol. The van der Waals surface area contributed by atoms with E-state index in [0.29, 0.717) is 26.2 Å². The fourth-order valence-corrected chi connectivity index (χ4v) is 4.87. The summed E-state index contributed by atoms with van der Waals surface area (Å²) in [4.78, 5) is 15.2. The van der Waals surface area contributed by atoms with Crippen LogP contribution in [0, 0.1) is 0 Å². The third-order valence-electron chi connectivity index (χ3n) is 5.50. The topological polar surface area (TPSA) is 66.9 Å². The van der Waals surface area contributed by atoms with Crippen molar-refractivity contribution >= 4 is 15.9 Å². The molecule has 1 aromatic rings. The van der Waals surface area contributed by atoms with Gasteiger partial charge in [-0.15, -0.1) is 0 Å². The van der Waals surface area contributed by atoms with E-state index in [9.17, 15) is 13.2 Å². The number of ether oxygens (including phenoxy) is 1. The third kappa shape index (κ3) is 3.53. The zero-order chi connectivity index (χ0) is 18.1. The number of carbonyl (C=O) groups is 1. The molecule has 0 spiro atoms. The molecule has 0 N–H and O–H groups in total. The number of benzene rings is 1. The zero-order valence-electron chi connectivity index (χ0n) is 14.9. The molecule has 1 saturated carbocycles. The summed E-state index contributed by atoms with van der Waals surface area (Å²) in [5.41, 5.74) is 0.570. The van der Waals surface area contributed by atoms with Gasteiger partial charge in [0.1, 0.15) is 5.75 Å². The highest BCUT2D eigenvalue weighted by Gasteiger charge is 2.45. The van der Waals surface area contributed by atoms with Crippen LogP contribution >= 0.6 is 0 Å². The minimum atomic E-state index is -3.19. The summed E-state index contributed by atoms with van der Waals surface area (Å²) in [5.74, 6) is 0.925.